The molecule has 1 aromatic rings. The minimum atomic E-state index is -1.62. The summed E-state index contributed by atoms with van der Waals surface area (Å²) >= 11 is 18.1. The molecule has 2 aliphatic rings. The molecule has 24 heavy (non-hydrogen) atoms. The molecule has 0 N–H and O–H groups in total. The van der Waals surface area contributed by atoms with Gasteiger partial charge in [-0.2, -0.15) is 9.97 Å². The fourth-order valence-corrected chi connectivity index (χ4v) is 3.58. The average Bonchev–Trinajstić information content (AvgIpc) is 2.61. The van der Waals surface area contributed by atoms with Crippen molar-refractivity contribution >= 4 is 40.8 Å². The van der Waals surface area contributed by atoms with Crippen molar-refractivity contribution in [3.05, 3.63) is 11.6 Å². The molecule has 0 amide bonds. The van der Waals surface area contributed by atoms with E-state index < -0.39 is 3.79 Å². The van der Waals surface area contributed by atoms with E-state index in [1.165, 1.54) is 25.7 Å². The van der Waals surface area contributed by atoms with Crippen LogP contribution in [0.25, 0.3) is 0 Å². The van der Waals surface area contributed by atoms with Gasteiger partial charge in [-0.05, 0) is 45.2 Å². The van der Waals surface area contributed by atoms with Crippen molar-refractivity contribution in [3.63, 3.8) is 0 Å². The summed E-state index contributed by atoms with van der Waals surface area (Å²) in [4.78, 5) is 18.1. The van der Waals surface area contributed by atoms with Crippen molar-refractivity contribution in [2.45, 2.75) is 48.7 Å². The summed E-state index contributed by atoms with van der Waals surface area (Å²) in [6, 6.07) is 0. The van der Waals surface area contributed by atoms with E-state index in [0.717, 1.165) is 57.8 Å². The maximum Gasteiger partial charge on any atom is 0.250 e. The summed E-state index contributed by atoms with van der Waals surface area (Å²) in [7, 11) is 0. The largest absolute Gasteiger partial charge is 0.341 e. The normalized spacial score (nSPS) is 20.4. The first kappa shape index (κ1) is 18.4. The second-order valence-corrected chi connectivity index (χ2v) is 8.85. The van der Waals surface area contributed by atoms with Gasteiger partial charge in [-0.15, -0.1) is 0 Å². The number of rotatable bonds is 4. The van der Waals surface area contributed by atoms with E-state index in [1.54, 1.807) is 0 Å². The molecular formula is C16H24Cl3N5. The third kappa shape index (κ3) is 5.07. The molecule has 134 valence electrons. The summed E-state index contributed by atoms with van der Waals surface area (Å²) in [5.74, 6) is 1.61. The topological polar surface area (TPSA) is 45.2 Å². The zero-order valence-corrected chi connectivity index (χ0v) is 16.1. The number of likely N-dealkylation sites (tertiary alicyclic amines) is 1. The van der Waals surface area contributed by atoms with Gasteiger partial charge in [-0.25, -0.2) is 4.98 Å². The smallest absolute Gasteiger partial charge is 0.250 e. The highest BCUT2D eigenvalue weighted by Gasteiger charge is 2.29. The van der Waals surface area contributed by atoms with Gasteiger partial charge in [-0.1, -0.05) is 41.2 Å². The van der Waals surface area contributed by atoms with Crippen LogP contribution in [-0.4, -0.2) is 52.6 Å². The quantitative estimate of drug-likeness (QED) is 0.731. The molecule has 1 aromatic heterocycles. The molecule has 0 atom stereocenters. The van der Waals surface area contributed by atoms with Gasteiger partial charge in [0.1, 0.15) is 5.82 Å². The van der Waals surface area contributed by atoms with Crippen LogP contribution in [-0.2, 0) is 10.2 Å². The first-order valence-corrected chi connectivity index (χ1v) is 9.95. The number of alkyl halides is 3. The van der Waals surface area contributed by atoms with Gasteiger partial charge in [0.05, 0.1) is 0 Å². The van der Waals surface area contributed by atoms with Crippen LogP contribution in [0, 0.1) is 0 Å². The molecule has 0 spiro atoms. The lowest BCUT2D eigenvalue weighted by molar-refractivity contribution is 0.230. The van der Waals surface area contributed by atoms with Crippen molar-refractivity contribution in [2.75, 3.05) is 37.6 Å². The number of hydrogen-bond donors (Lipinski definition) is 0. The van der Waals surface area contributed by atoms with Crippen LogP contribution in [0.5, 0.6) is 0 Å². The highest BCUT2D eigenvalue weighted by molar-refractivity contribution is 6.66. The highest BCUT2D eigenvalue weighted by Crippen LogP contribution is 2.36. The van der Waals surface area contributed by atoms with Crippen LogP contribution in [0.15, 0.2) is 0 Å². The van der Waals surface area contributed by atoms with Crippen molar-refractivity contribution in [1.82, 2.24) is 19.9 Å². The van der Waals surface area contributed by atoms with Gasteiger partial charge in [-0.3, -0.25) is 0 Å². The molecule has 0 saturated carbocycles. The maximum absolute atomic E-state index is 6.04. The van der Waals surface area contributed by atoms with Crippen LogP contribution >= 0.6 is 34.8 Å². The van der Waals surface area contributed by atoms with Crippen LogP contribution in [0.3, 0.4) is 0 Å². The molecule has 2 saturated heterocycles. The van der Waals surface area contributed by atoms with Crippen molar-refractivity contribution in [2.24, 2.45) is 0 Å². The molecule has 2 aliphatic heterocycles. The van der Waals surface area contributed by atoms with E-state index in [0.29, 0.717) is 5.95 Å². The molecule has 3 rings (SSSR count). The van der Waals surface area contributed by atoms with Gasteiger partial charge in [0.15, 0.2) is 5.82 Å². The molecular weight excluding hydrogens is 369 g/mol. The van der Waals surface area contributed by atoms with E-state index in [9.17, 15) is 0 Å². The predicted molar refractivity (Wildman–Crippen MR) is 99.1 cm³/mol. The molecule has 0 radical (unpaired) electrons. The van der Waals surface area contributed by atoms with Crippen LogP contribution in [0.1, 0.15) is 50.2 Å². The van der Waals surface area contributed by atoms with Gasteiger partial charge < -0.3 is 9.80 Å². The number of hydrogen-bond acceptors (Lipinski definition) is 5. The third-order valence-electron chi connectivity index (χ3n) is 4.66. The standard InChI is InChI=1S/C16H24Cl3N5/c17-16(18,19)14-20-13(7-12-23-8-3-1-4-9-23)21-15(22-14)24-10-5-2-6-11-24/h1-12H2. The van der Waals surface area contributed by atoms with Crippen molar-refractivity contribution in [1.29, 1.82) is 0 Å². The Balaban J connectivity index is 1.75. The highest BCUT2D eigenvalue weighted by atomic mass is 35.6. The summed E-state index contributed by atoms with van der Waals surface area (Å²) < 4.78 is -1.62. The van der Waals surface area contributed by atoms with Crippen LogP contribution < -0.4 is 4.90 Å². The molecule has 0 aromatic carbocycles. The first-order valence-electron chi connectivity index (χ1n) is 8.82. The number of nitrogens with zero attached hydrogens (tertiary/aromatic N) is 5. The minimum absolute atomic E-state index is 0.233. The molecule has 0 unspecified atom stereocenters. The van der Waals surface area contributed by atoms with Gasteiger partial charge in [0.2, 0.25) is 9.74 Å². The Labute approximate surface area is 158 Å². The minimum Gasteiger partial charge on any atom is -0.341 e. The Morgan fingerprint density at radius 1 is 0.792 bits per heavy atom. The zero-order valence-electron chi connectivity index (χ0n) is 13.9. The van der Waals surface area contributed by atoms with E-state index in [-0.39, 0.29) is 5.82 Å². The first-order chi connectivity index (χ1) is 11.5. The maximum atomic E-state index is 6.04. The summed E-state index contributed by atoms with van der Waals surface area (Å²) in [5, 5.41) is 0. The number of piperidine rings is 2. The fourth-order valence-electron chi connectivity index (χ4n) is 3.32. The average molecular weight is 393 g/mol. The molecule has 2 fully saturated rings. The monoisotopic (exact) mass is 391 g/mol. The summed E-state index contributed by atoms with van der Waals surface area (Å²) in [6.45, 7) is 5.16. The van der Waals surface area contributed by atoms with E-state index in [4.69, 9.17) is 34.8 Å². The lowest BCUT2D eigenvalue weighted by Crippen LogP contribution is -2.33. The number of halogens is 3. The molecule has 0 bridgehead atoms. The molecule has 5 nitrogen and oxygen atoms in total. The Morgan fingerprint density at radius 3 is 2.04 bits per heavy atom. The second-order valence-electron chi connectivity index (χ2n) is 6.57. The Bertz CT molecular complexity index is 537. The predicted octanol–water partition coefficient (Wildman–Crippen LogP) is 3.72. The molecule has 3 heterocycles. The van der Waals surface area contributed by atoms with Gasteiger partial charge >= 0.3 is 0 Å². The SMILES string of the molecule is ClC(Cl)(Cl)c1nc(CCN2CCCCC2)nc(N2CCCCC2)n1. The molecule has 0 aliphatic carbocycles. The van der Waals surface area contributed by atoms with Crippen molar-refractivity contribution < 1.29 is 0 Å². The second kappa shape index (κ2) is 8.35. The van der Waals surface area contributed by atoms with Gasteiger partial charge in [0, 0.05) is 26.1 Å². The zero-order chi connectivity index (χ0) is 17.0. The fraction of sp³-hybridized carbons (Fsp3) is 0.812. The Morgan fingerprint density at radius 2 is 1.42 bits per heavy atom. The van der Waals surface area contributed by atoms with Crippen molar-refractivity contribution in [3.8, 4) is 0 Å². The van der Waals surface area contributed by atoms with Crippen LogP contribution in [0.4, 0.5) is 5.95 Å². The van der Waals surface area contributed by atoms with E-state index in [1.807, 2.05) is 0 Å². The van der Waals surface area contributed by atoms with E-state index in [2.05, 4.69) is 24.8 Å². The summed E-state index contributed by atoms with van der Waals surface area (Å²) in [6.07, 6.45) is 8.19. The summed E-state index contributed by atoms with van der Waals surface area (Å²) in [5.41, 5.74) is 0. The van der Waals surface area contributed by atoms with E-state index >= 15 is 0 Å². The van der Waals surface area contributed by atoms with Gasteiger partial charge in [0.25, 0.3) is 0 Å². The third-order valence-corrected chi connectivity index (χ3v) is 5.17. The Hall–Kier alpha value is -0.360. The molecule has 8 heteroatoms. The Kier molecular flexibility index (Phi) is 6.41. The lowest BCUT2D eigenvalue weighted by atomic mass is 10.1. The lowest BCUT2D eigenvalue weighted by Gasteiger charge is -2.28. The van der Waals surface area contributed by atoms with Crippen LogP contribution in [0.2, 0.25) is 0 Å². The number of anilines is 1. The number of aromatic nitrogens is 3.